The van der Waals surface area contributed by atoms with Crippen molar-refractivity contribution in [3.63, 3.8) is 0 Å². The molecule has 2 unspecified atom stereocenters. The number of aromatic amines is 1. The molecular formula is C22H27N3O2. The lowest BCUT2D eigenvalue weighted by atomic mass is 9.92. The molecule has 1 saturated heterocycles. The van der Waals surface area contributed by atoms with Gasteiger partial charge in [0, 0.05) is 30.9 Å². The van der Waals surface area contributed by atoms with Gasteiger partial charge in [0.05, 0.1) is 0 Å². The molecule has 1 aliphatic heterocycles. The first-order valence-electron chi connectivity index (χ1n) is 9.56. The van der Waals surface area contributed by atoms with Crippen LogP contribution in [-0.2, 0) is 0 Å². The second kappa shape index (κ2) is 8.41. The standard InChI is InChI=1S/C22H27N3O2/c1-15-10-16(2)14-25(13-15)8-9-27-19-6-4-18(5-7-19)20-11-17(3)24-22(26)21(20)12-23/h4-7,11,15-16H,8-10,13-14H2,1-3H3,(H,24,26). The fourth-order valence-corrected chi connectivity index (χ4v) is 4.03. The molecule has 5 heteroatoms. The monoisotopic (exact) mass is 365 g/mol. The van der Waals surface area contributed by atoms with Gasteiger partial charge in [-0.1, -0.05) is 26.0 Å². The van der Waals surface area contributed by atoms with E-state index < -0.39 is 0 Å². The fourth-order valence-electron chi connectivity index (χ4n) is 4.03. The van der Waals surface area contributed by atoms with Crippen molar-refractivity contribution in [1.82, 2.24) is 9.88 Å². The van der Waals surface area contributed by atoms with Crippen LogP contribution < -0.4 is 10.3 Å². The molecule has 1 N–H and O–H groups in total. The van der Waals surface area contributed by atoms with Gasteiger partial charge >= 0.3 is 0 Å². The van der Waals surface area contributed by atoms with Gasteiger partial charge in [0.15, 0.2) is 0 Å². The number of nitrogens with one attached hydrogen (secondary N) is 1. The highest BCUT2D eigenvalue weighted by atomic mass is 16.5. The van der Waals surface area contributed by atoms with Crippen molar-refractivity contribution < 1.29 is 4.74 Å². The van der Waals surface area contributed by atoms with Crippen molar-refractivity contribution >= 4 is 0 Å². The number of rotatable bonds is 5. The summed E-state index contributed by atoms with van der Waals surface area (Å²) in [5.74, 6) is 2.30. The topological polar surface area (TPSA) is 69.1 Å². The van der Waals surface area contributed by atoms with Crippen LogP contribution in [0.25, 0.3) is 11.1 Å². The number of pyridine rings is 1. The molecule has 2 atom stereocenters. The molecule has 0 amide bonds. The predicted molar refractivity (Wildman–Crippen MR) is 107 cm³/mol. The van der Waals surface area contributed by atoms with Gasteiger partial charge in [-0.3, -0.25) is 9.69 Å². The summed E-state index contributed by atoms with van der Waals surface area (Å²) >= 11 is 0. The van der Waals surface area contributed by atoms with Gasteiger partial charge in [0.25, 0.3) is 5.56 Å². The zero-order valence-electron chi connectivity index (χ0n) is 16.3. The number of nitriles is 1. The van der Waals surface area contributed by atoms with Gasteiger partial charge in [-0.15, -0.1) is 0 Å². The largest absolute Gasteiger partial charge is 0.492 e. The summed E-state index contributed by atoms with van der Waals surface area (Å²) in [4.78, 5) is 17.1. The molecule has 2 heterocycles. The van der Waals surface area contributed by atoms with Crippen LogP contribution in [0, 0.1) is 30.1 Å². The molecule has 3 rings (SSSR count). The molecule has 0 bridgehead atoms. The number of ether oxygens (including phenoxy) is 1. The Balaban J connectivity index is 1.63. The summed E-state index contributed by atoms with van der Waals surface area (Å²) in [7, 11) is 0. The average Bonchev–Trinajstić information content (AvgIpc) is 2.61. The van der Waals surface area contributed by atoms with Crippen molar-refractivity contribution in [3.8, 4) is 22.9 Å². The van der Waals surface area contributed by atoms with Crippen LogP contribution in [0.4, 0.5) is 0 Å². The van der Waals surface area contributed by atoms with Gasteiger partial charge in [-0.05, 0) is 48.9 Å². The van der Waals surface area contributed by atoms with E-state index in [1.54, 1.807) is 0 Å². The third kappa shape index (κ3) is 4.78. The number of benzene rings is 1. The highest BCUT2D eigenvalue weighted by molar-refractivity contribution is 5.70. The molecular weight excluding hydrogens is 338 g/mol. The van der Waals surface area contributed by atoms with E-state index in [4.69, 9.17) is 4.74 Å². The number of piperidine rings is 1. The van der Waals surface area contributed by atoms with Crippen molar-refractivity contribution in [2.24, 2.45) is 11.8 Å². The number of likely N-dealkylation sites (tertiary alicyclic amines) is 1. The number of hydrogen-bond acceptors (Lipinski definition) is 4. The minimum atomic E-state index is -0.349. The van der Waals surface area contributed by atoms with Gasteiger partial charge in [-0.25, -0.2) is 0 Å². The smallest absolute Gasteiger partial charge is 0.266 e. The van der Waals surface area contributed by atoms with Crippen LogP contribution in [0.2, 0.25) is 0 Å². The molecule has 1 aromatic carbocycles. The summed E-state index contributed by atoms with van der Waals surface area (Å²) < 4.78 is 5.90. The maximum absolute atomic E-state index is 12.0. The van der Waals surface area contributed by atoms with Crippen molar-refractivity contribution in [3.05, 3.63) is 51.9 Å². The second-order valence-corrected chi connectivity index (χ2v) is 7.76. The summed E-state index contributed by atoms with van der Waals surface area (Å²) in [6.07, 6.45) is 1.31. The van der Waals surface area contributed by atoms with Crippen LogP contribution in [-0.4, -0.2) is 36.1 Å². The Morgan fingerprint density at radius 2 is 1.89 bits per heavy atom. The lowest BCUT2D eigenvalue weighted by Crippen LogP contribution is -2.40. The minimum Gasteiger partial charge on any atom is -0.492 e. The number of aryl methyl sites for hydroxylation is 1. The Morgan fingerprint density at radius 1 is 1.22 bits per heavy atom. The molecule has 2 aromatic rings. The van der Waals surface area contributed by atoms with Crippen molar-refractivity contribution in [2.75, 3.05) is 26.2 Å². The van der Waals surface area contributed by atoms with E-state index in [-0.39, 0.29) is 11.1 Å². The summed E-state index contributed by atoms with van der Waals surface area (Å²) in [6, 6.07) is 11.4. The molecule has 0 saturated carbocycles. The van der Waals surface area contributed by atoms with E-state index in [9.17, 15) is 10.1 Å². The lowest BCUT2D eigenvalue weighted by molar-refractivity contribution is 0.120. The van der Waals surface area contributed by atoms with Crippen molar-refractivity contribution in [2.45, 2.75) is 27.2 Å². The van der Waals surface area contributed by atoms with Crippen LogP contribution in [0.1, 0.15) is 31.5 Å². The first-order valence-corrected chi connectivity index (χ1v) is 9.56. The van der Waals surface area contributed by atoms with E-state index >= 15 is 0 Å². The quantitative estimate of drug-likeness (QED) is 0.879. The van der Waals surface area contributed by atoms with Gasteiger partial charge in [0.1, 0.15) is 24.0 Å². The average molecular weight is 365 g/mol. The molecule has 27 heavy (non-hydrogen) atoms. The summed E-state index contributed by atoms with van der Waals surface area (Å²) in [5.41, 5.74) is 2.02. The number of H-pyrrole nitrogens is 1. The van der Waals surface area contributed by atoms with Crippen molar-refractivity contribution in [1.29, 1.82) is 5.26 Å². The second-order valence-electron chi connectivity index (χ2n) is 7.76. The zero-order valence-corrected chi connectivity index (χ0v) is 16.3. The van der Waals surface area contributed by atoms with Gasteiger partial charge in [0.2, 0.25) is 0 Å². The molecule has 1 aliphatic rings. The first kappa shape index (κ1) is 19.2. The molecule has 142 valence electrons. The van der Waals surface area contributed by atoms with Crippen LogP contribution >= 0.6 is 0 Å². The lowest BCUT2D eigenvalue weighted by Gasteiger charge is -2.34. The van der Waals surface area contributed by atoms with Crippen LogP contribution in [0.5, 0.6) is 5.75 Å². The Labute approximate surface area is 160 Å². The Kier molecular flexibility index (Phi) is 5.98. The highest BCUT2D eigenvalue weighted by Crippen LogP contribution is 2.25. The fraction of sp³-hybridized carbons (Fsp3) is 0.455. The minimum absolute atomic E-state index is 0.141. The number of aromatic nitrogens is 1. The Hall–Kier alpha value is -2.58. The van der Waals surface area contributed by atoms with Gasteiger partial charge in [-0.2, -0.15) is 5.26 Å². The third-order valence-electron chi connectivity index (χ3n) is 5.07. The molecule has 0 aliphatic carbocycles. The van der Waals surface area contributed by atoms with E-state index in [1.807, 2.05) is 43.3 Å². The molecule has 1 fully saturated rings. The summed E-state index contributed by atoms with van der Waals surface area (Å²) in [6.45, 7) is 10.3. The van der Waals surface area contributed by atoms with Crippen LogP contribution in [0.3, 0.4) is 0 Å². The molecule has 0 spiro atoms. The zero-order chi connectivity index (χ0) is 19.4. The van der Waals surface area contributed by atoms with Crippen LogP contribution in [0.15, 0.2) is 35.1 Å². The van der Waals surface area contributed by atoms with E-state index in [2.05, 4.69) is 23.7 Å². The maximum Gasteiger partial charge on any atom is 0.266 e. The first-order chi connectivity index (χ1) is 13.0. The van der Waals surface area contributed by atoms with Gasteiger partial charge < -0.3 is 9.72 Å². The maximum atomic E-state index is 12.0. The number of nitrogens with zero attached hydrogens (tertiary/aromatic N) is 2. The van der Waals surface area contributed by atoms with E-state index in [1.165, 1.54) is 6.42 Å². The normalized spacial score (nSPS) is 20.2. The Morgan fingerprint density at radius 3 is 2.52 bits per heavy atom. The molecule has 5 nitrogen and oxygen atoms in total. The molecule has 1 aromatic heterocycles. The molecule has 0 radical (unpaired) electrons. The predicted octanol–water partition coefficient (Wildman–Crippen LogP) is 3.58. The highest BCUT2D eigenvalue weighted by Gasteiger charge is 2.21. The Bertz CT molecular complexity index is 870. The number of hydrogen-bond donors (Lipinski definition) is 1. The summed E-state index contributed by atoms with van der Waals surface area (Å²) in [5, 5.41) is 9.28. The van der Waals surface area contributed by atoms with E-state index in [0.29, 0.717) is 12.2 Å². The third-order valence-corrected chi connectivity index (χ3v) is 5.07. The van der Waals surface area contributed by atoms with E-state index in [0.717, 1.165) is 48.5 Å². The SMILES string of the molecule is Cc1cc(-c2ccc(OCCN3CC(C)CC(C)C3)cc2)c(C#N)c(=O)[nH]1.